The zero-order valence-electron chi connectivity index (χ0n) is 10.3. The van der Waals surface area contributed by atoms with Gasteiger partial charge < -0.3 is 0 Å². The molecule has 1 nitrogen and oxygen atoms in total. The van der Waals surface area contributed by atoms with E-state index in [1.165, 1.54) is 12.8 Å². The summed E-state index contributed by atoms with van der Waals surface area (Å²) in [7, 11) is 0. The van der Waals surface area contributed by atoms with Gasteiger partial charge in [0.15, 0.2) is 0 Å². The third-order valence-corrected chi connectivity index (χ3v) is 4.54. The van der Waals surface area contributed by atoms with Crippen molar-refractivity contribution in [2.75, 3.05) is 0 Å². The molecule has 3 rings (SSSR count). The lowest BCUT2D eigenvalue weighted by atomic mass is 9.58. The fourth-order valence-corrected chi connectivity index (χ4v) is 3.55. The van der Waals surface area contributed by atoms with Gasteiger partial charge in [-0.2, -0.15) is 0 Å². The Morgan fingerprint density at radius 1 is 1.27 bits per heavy atom. The molecule has 0 aromatic rings. The van der Waals surface area contributed by atoms with Crippen molar-refractivity contribution in [3.05, 3.63) is 11.1 Å². The molecule has 0 aliphatic heterocycles. The van der Waals surface area contributed by atoms with Gasteiger partial charge in [0.2, 0.25) is 0 Å². The lowest BCUT2D eigenvalue weighted by molar-refractivity contribution is -0.124. The summed E-state index contributed by atoms with van der Waals surface area (Å²) in [4.78, 5) is 11.6. The summed E-state index contributed by atoms with van der Waals surface area (Å²) >= 11 is 0. The van der Waals surface area contributed by atoms with Crippen LogP contribution in [0.15, 0.2) is 11.1 Å². The van der Waals surface area contributed by atoms with E-state index in [0.717, 1.165) is 18.3 Å². The minimum absolute atomic E-state index is 0.338. The lowest BCUT2D eigenvalue weighted by Crippen LogP contribution is -2.39. The van der Waals surface area contributed by atoms with Gasteiger partial charge in [-0.05, 0) is 50.9 Å². The number of ketones is 1. The van der Waals surface area contributed by atoms with Crippen LogP contribution in [0.1, 0.15) is 47.0 Å². The average molecular weight is 206 g/mol. The molecule has 3 aliphatic rings. The Labute approximate surface area is 92.9 Å². The van der Waals surface area contributed by atoms with E-state index in [0.29, 0.717) is 17.6 Å². The molecule has 3 aliphatic carbocycles. The number of Topliss-reactive ketones (excluding diaryl/α,β-unsaturated/α-hetero) is 1. The molecule has 84 valence electrons. The zero-order chi connectivity index (χ0) is 11.2. The highest BCUT2D eigenvalue weighted by molar-refractivity contribution is 5.79. The Balaban J connectivity index is 2.28. The van der Waals surface area contributed by atoms with Crippen molar-refractivity contribution < 1.29 is 4.79 Å². The second-order valence-electron chi connectivity index (χ2n) is 5.79. The first-order valence-electron chi connectivity index (χ1n) is 6.18. The van der Waals surface area contributed by atoms with Crippen LogP contribution < -0.4 is 0 Å². The summed E-state index contributed by atoms with van der Waals surface area (Å²) in [6, 6.07) is 0. The fraction of sp³-hybridized carbons (Fsp3) is 0.786. The Hall–Kier alpha value is -0.590. The van der Waals surface area contributed by atoms with E-state index in [4.69, 9.17) is 0 Å². The number of rotatable bonds is 2. The van der Waals surface area contributed by atoms with Gasteiger partial charge in [0.1, 0.15) is 5.78 Å². The average Bonchev–Trinajstić information content (AvgIpc) is 2.17. The second-order valence-corrected chi connectivity index (χ2v) is 5.79. The maximum atomic E-state index is 11.6. The van der Waals surface area contributed by atoms with Gasteiger partial charge in [0.25, 0.3) is 0 Å². The van der Waals surface area contributed by atoms with Crippen molar-refractivity contribution in [3.8, 4) is 0 Å². The predicted molar refractivity (Wildman–Crippen MR) is 62.5 cm³/mol. The number of hydrogen-bond acceptors (Lipinski definition) is 1. The molecule has 3 atom stereocenters. The van der Waals surface area contributed by atoms with Crippen LogP contribution in [0, 0.1) is 23.7 Å². The molecular weight excluding hydrogens is 184 g/mol. The van der Waals surface area contributed by atoms with E-state index in [1.807, 2.05) is 0 Å². The van der Waals surface area contributed by atoms with E-state index in [2.05, 4.69) is 20.8 Å². The van der Waals surface area contributed by atoms with Crippen LogP contribution in [-0.4, -0.2) is 5.78 Å². The summed E-state index contributed by atoms with van der Waals surface area (Å²) < 4.78 is 0. The molecule has 1 fully saturated rings. The standard InChI is InChI=1S/C14H22O/c1-8(2)12-6-11-7-13(10(4)15)14(12)5-9(11)3/h8,12-14H,5-7H2,1-4H3. The van der Waals surface area contributed by atoms with E-state index in [-0.39, 0.29) is 0 Å². The van der Waals surface area contributed by atoms with E-state index < -0.39 is 0 Å². The van der Waals surface area contributed by atoms with Crippen molar-refractivity contribution in [3.63, 3.8) is 0 Å². The van der Waals surface area contributed by atoms with Crippen LogP contribution in [-0.2, 0) is 4.79 Å². The van der Waals surface area contributed by atoms with Gasteiger partial charge in [0.05, 0.1) is 0 Å². The van der Waals surface area contributed by atoms with E-state index in [1.54, 1.807) is 18.1 Å². The smallest absolute Gasteiger partial charge is 0.133 e. The Morgan fingerprint density at radius 3 is 2.40 bits per heavy atom. The van der Waals surface area contributed by atoms with Crippen LogP contribution in [0.25, 0.3) is 0 Å². The summed E-state index contributed by atoms with van der Waals surface area (Å²) in [6.45, 7) is 8.64. The first-order chi connectivity index (χ1) is 7.00. The molecule has 2 bridgehead atoms. The van der Waals surface area contributed by atoms with Crippen LogP contribution in [0.2, 0.25) is 0 Å². The molecule has 1 saturated carbocycles. The second kappa shape index (κ2) is 3.77. The normalized spacial score (nSPS) is 35.1. The molecule has 0 amide bonds. The number of carbonyl (C=O) groups excluding carboxylic acids is 1. The predicted octanol–water partition coefficient (Wildman–Crippen LogP) is 3.59. The summed E-state index contributed by atoms with van der Waals surface area (Å²) in [5.74, 6) is 2.87. The van der Waals surface area contributed by atoms with Gasteiger partial charge >= 0.3 is 0 Å². The number of allylic oxidation sites excluding steroid dienone is 2. The Bertz CT molecular complexity index is 311. The molecular formula is C14H22O. The van der Waals surface area contributed by atoms with Crippen LogP contribution in [0.4, 0.5) is 0 Å². The summed E-state index contributed by atoms with van der Waals surface area (Å²) in [5.41, 5.74) is 3.17. The van der Waals surface area contributed by atoms with Gasteiger partial charge in [-0.3, -0.25) is 4.79 Å². The minimum Gasteiger partial charge on any atom is -0.300 e. The SMILES string of the molecule is CC(=O)C1CC2=C(C)CC1C(C(C)C)C2. The monoisotopic (exact) mass is 206 g/mol. The summed E-state index contributed by atoms with van der Waals surface area (Å²) in [6.07, 6.45) is 3.51. The third-order valence-electron chi connectivity index (χ3n) is 4.54. The molecule has 15 heavy (non-hydrogen) atoms. The van der Waals surface area contributed by atoms with Gasteiger partial charge in [-0.25, -0.2) is 0 Å². The first-order valence-corrected chi connectivity index (χ1v) is 6.18. The van der Waals surface area contributed by atoms with Crippen LogP contribution in [0.3, 0.4) is 0 Å². The van der Waals surface area contributed by atoms with E-state index >= 15 is 0 Å². The quantitative estimate of drug-likeness (QED) is 0.631. The number of carbonyl (C=O) groups is 1. The first kappa shape index (κ1) is 10.9. The maximum Gasteiger partial charge on any atom is 0.133 e. The molecule has 0 heterocycles. The molecule has 0 saturated heterocycles. The molecule has 0 aromatic carbocycles. The number of hydrogen-bond donors (Lipinski definition) is 0. The minimum atomic E-state index is 0.338. The largest absolute Gasteiger partial charge is 0.300 e. The van der Waals surface area contributed by atoms with Crippen LogP contribution in [0.5, 0.6) is 0 Å². The van der Waals surface area contributed by atoms with Gasteiger partial charge in [0, 0.05) is 5.92 Å². The topological polar surface area (TPSA) is 17.1 Å². The van der Waals surface area contributed by atoms with Crippen molar-refractivity contribution >= 4 is 5.78 Å². The highest BCUT2D eigenvalue weighted by Crippen LogP contribution is 2.50. The highest BCUT2D eigenvalue weighted by Gasteiger charge is 2.42. The zero-order valence-corrected chi connectivity index (χ0v) is 10.3. The molecule has 3 unspecified atom stereocenters. The molecule has 0 radical (unpaired) electrons. The fourth-order valence-electron chi connectivity index (χ4n) is 3.55. The highest BCUT2D eigenvalue weighted by atomic mass is 16.1. The molecule has 1 heteroatoms. The Morgan fingerprint density at radius 2 is 1.93 bits per heavy atom. The third kappa shape index (κ3) is 1.77. The number of fused-ring (bicyclic) bond motifs is 3. The van der Waals surface area contributed by atoms with Crippen molar-refractivity contribution in [2.24, 2.45) is 23.7 Å². The van der Waals surface area contributed by atoms with Gasteiger partial charge in [-0.1, -0.05) is 25.0 Å². The van der Waals surface area contributed by atoms with Crippen LogP contribution >= 0.6 is 0 Å². The molecule has 0 N–H and O–H groups in total. The Kier molecular flexibility index (Phi) is 2.74. The maximum absolute atomic E-state index is 11.6. The molecule has 0 aromatic heterocycles. The van der Waals surface area contributed by atoms with Gasteiger partial charge in [-0.15, -0.1) is 0 Å². The van der Waals surface area contributed by atoms with Crippen molar-refractivity contribution in [1.82, 2.24) is 0 Å². The van der Waals surface area contributed by atoms with E-state index in [9.17, 15) is 4.79 Å². The lowest BCUT2D eigenvalue weighted by Gasteiger charge is -2.46. The molecule has 0 spiro atoms. The van der Waals surface area contributed by atoms with Crippen molar-refractivity contribution in [1.29, 1.82) is 0 Å². The van der Waals surface area contributed by atoms with Crippen molar-refractivity contribution in [2.45, 2.75) is 47.0 Å². The summed E-state index contributed by atoms with van der Waals surface area (Å²) in [5, 5.41) is 0.